The molecule has 0 unspecified atom stereocenters. The molecule has 1 aliphatic carbocycles. The Kier molecular flexibility index (Phi) is 3.78. The van der Waals surface area contributed by atoms with Crippen molar-refractivity contribution in [3.63, 3.8) is 0 Å². The second-order valence-corrected chi connectivity index (χ2v) is 4.60. The zero-order chi connectivity index (χ0) is 11.4. The lowest BCUT2D eigenvalue weighted by Crippen LogP contribution is -2.27. The third-order valence-electron chi connectivity index (χ3n) is 3.05. The molecule has 1 aliphatic rings. The first-order valence-electron chi connectivity index (χ1n) is 5.65. The van der Waals surface area contributed by atoms with E-state index in [-0.39, 0.29) is 5.91 Å². The number of carbonyl (C=O) groups is 1. The van der Waals surface area contributed by atoms with Gasteiger partial charge in [0.15, 0.2) is 0 Å². The molecule has 16 heavy (non-hydrogen) atoms. The van der Waals surface area contributed by atoms with Crippen LogP contribution in [0.3, 0.4) is 0 Å². The van der Waals surface area contributed by atoms with E-state index in [9.17, 15) is 4.79 Å². The van der Waals surface area contributed by atoms with Crippen LogP contribution >= 0.6 is 11.6 Å². The highest BCUT2D eigenvalue weighted by molar-refractivity contribution is 6.29. The standard InChI is InChI=1S/C12H15ClN2O/c13-11-8-10(5-7-14-11)12(16)15-6-4-9-2-1-3-9/h5,7-9H,1-4,6H2,(H,15,16). The highest BCUT2D eigenvalue weighted by atomic mass is 35.5. The summed E-state index contributed by atoms with van der Waals surface area (Å²) in [6.45, 7) is 0.753. The molecule has 3 nitrogen and oxygen atoms in total. The zero-order valence-electron chi connectivity index (χ0n) is 9.08. The summed E-state index contributed by atoms with van der Waals surface area (Å²) in [6.07, 6.45) is 6.61. The fourth-order valence-electron chi connectivity index (χ4n) is 1.82. The van der Waals surface area contributed by atoms with Crippen molar-refractivity contribution in [1.29, 1.82) is 0 Å². The summed E-state index contributed by atoms with van der Waals surface area (Å²) in [7, 11) is 0. The molecular weight excluding hydrogens is 224 g/mol. The number of halogens is 1. The number of hydrogen-bond donors (Lipinski definition) is 1. The van der Waals surface area contributed by atoms with Gasteiger partial charge < -0.3 is 5.32 Å². The van der Waals surface area contributed by atoms with Gasteiger partial charge in [-0.15, -0.1) is 0 Å². The van der Waals surface area contributed by atoms with Gasteiger partial charge in [0.1, 0.15) is 5.15 Å². The molecule has 1 N–H and O–H groups in total. The fraction of sp³-hybridized carbons (Fsp3) is 0.500. The lowest BCUT2D eigenvalue weighted by Gasteiger charge is -2.25. The first-order valence-corrected chi connectivity index (χ1v) is 6.03. The molecule has 1 heterocycles. The number of amides is 1. The van der Waals surface area contributed by atoms with E-state index >= 15 is 0 Å². The molecule has 1 fully saturated rings. The maximum absolute atomic E-state index is 11.7. The molecule has 1 amide bonds. The number of nitrogens with one attached hydrogen (secondary N) is 1. The third-order valence-corrected chi connectivity index (χ3v) is 3.26. The summed E-state index contributed by atoms with van der Waals surface area (Å²) >= 11 is 5.71. The minimum absolute atomic E-state index is 0.0661. The molecule has 0 saturated heterocycles. The molecule has 1 aromatic rings. The van der Waals surface area contributed by atoms with Crippen molar-refractivity contribution in [3.8, 4) is 0 Å². The van der Waals surface area contributed by atoms with E-state index < -0.39 is 0 Å². The molecule has 86 valence electrons. The van der Waals surface area contributed by atoms with E-state index in [0.717, 1.165) is 18.9 Å². The lowest BCUT2D eigenvalue weighted by molar-refractivity contribution is 0.0949. The van der Waals surface area contributed by atoms with Crippen LogP contribution in [0.15, 0.2) is 18.3 Å². The first kappa shape index (κ1) is 11.4. The predicted octanol–water partition coefficient (Wildman–Crippen LogP) is 2.66. The molecule has 1 aromatic heterocycles. The Morgan fingerprint density at radius 3 is 3.00 bits per heavy atom. The number of aromatic nitrogens is 1. The second kappa shape index (κ2) is 5.30. The van der Waals surface area contributed by atoms with Crippen molar-refractivity contribution in [2.45, 2.75) is 25.7 Å². The van der Waals surface area contributed by atoms with Crippen LogP contribution in [0.4, 0.5) is 0 Å². The molecule has 0 aromatic carbocycles. The van der Waals surface area contributed by atoms with Crippen molar-refractivity contribution >= 4 is 17.5 Å². The van der Waals surface area contributed by atoms with E-state index in [1.54, 1.807) is 18.3 Å². The summed E-state index contributed by atoms with van der Waals surface area (Å²) in [5, 5.41) is 3.25. The molecular formula is C12H15ClN2O. The highest BCUT2D eigenvalue weighted by Crippen LogP contribution is 2.28. The normalized spacial score (nSPS) is 15.6. The van der Waals surface area contributed by atoms with Gasteiger partial charge in [-0.1, -0.05) is 30.9 Å². The number of pyridine rings is 1. The smallest absolute Gasteiger partial charge is 0.251 e. The van der Waals surface area contributed by atoms with Crippen LogP contribution in [0.1, 0.15) is 36.0 Å². The van der Waals surface area contributed by atoms with Crippen LogP contribution < -0.4 is 5.32 Å². The molecule has 2 rings (SSSR count). The average Bonchev–Trinajstić information content (AvgIpc) is 2.21. The van der Waals surface area contributed by atoms with Crippen LogP contribution in [0.5, 0.6) is 0 Å². The summed E-state index contributed by atoms with van der Waals surface area (Å²) in [4.78, 5) is 15.5. The van der Waals surface area contributed by atoms with Crippen LogP contribution in [0.2, 0.25) is 5.15 Å². The van der Waals surface area contributed by atoms with Crippen LogP contribution in [-0.2, 0) is 0 Å². The summed E-state index contributed by atoms with van der Waals surface area (Å²) in [5.41, 5.74) is 0.577. The van der Waals surface area contributed by atoms with Gasteiger partial charge in [0.05, 0.1) is 0 Å². The van der Waals surface area contributed by atoms with Gasteiger partial charge in [-0.25, -0.2) is 4.98 Å². The van der Waals surface area contributed by atoms with E-state index in [2.05, 4.69) is 10.3 Å². The Bertz CT molecular complexity index is 377. The van der Waals surface area contributed by atoms with E-state index in [4.69, 9.17) is 11.6 Å². The van der Waals surface area contributed by atoms with Crippen molar-refractivity contribution in [2.75, 3.05) is 6.54 Å². The Hall–Kier alpha value is -1.09. The number of nitrogens with zero attached hydrogens (tertiary/aromatic N) is 1. The molecule has 1 saturated carbocycles. The van der Waals surface area contributed by atoms with Gasteiger partial charge in [-0.3, -0.25) is 4.79 Å². The van der Waals surface area contributed by atoms with E-state index in [1.807, 2.05) is 0 Å². The first-order chi connectivity index (χ1) is 7.75. The number of hydrogen-bond acceptors (Lipinski definition) is 2. The average molecular weight is 239 g/mol. The van der Waals surface area contributed by atoms with Gasteiger partial charge in [0, 0.05) is 18.3 Å². The summed E-state index contributed by atoms with van der Waals surface area (Å²) < 4.78 is 0. The van der Waals surface area contributed by atoms with Crippen molar-refractivity contribution in [3.05, 3.63) is 29.0 Å². The van der Waals surface area contributed by atoms with Gasteiger partial charge in [-0.05, 0) is 24.5 Å². The fourth-order valence-corrected chi connectivity index (χ4v) is 1.99. The maximum atomic E-state index is 11.7. The topological polar surface area (TPSA) is 42.0 Å². The summed E-state index contributed by atoms with van der Waals surface area (Å²) in [6, 6.07) is 3.25. The second-order valence-electron chi connectivity index (χ2n) is 4.21. The van der Waals surface area contributed by atoms with Crippen LogP contribution in [0.25, 0.3) is 0 Å². The van der Waals surface area contributed by atoms with Crippen molar-refractivity contribution < 1.29 is 4.79 Å². The molecule has 0 spiro atoms. The molecule has 4 heteroatoms. The molecule has 0 bridgehead atoms. The summed E-state index contributed by atoms with van der Waals surface area (Å²) in [5.74, 6) is 0.755. The van der Waals surface area contributed by atoms with Crippen molar-refractivity contribution in [1.82, 2.24) is 10.3 Å². The number of carbonyl (C=O) groups excluding carboxylic acids is 1. The van der Waals surface area contributed by atoms with E-state index in [0.29, 0.717) is 10.7 Å². The third kappa shape index (κ3) is 2.95. The minimum Gasteiger partial charge on any atom is -0.352 e. The Morgan fingerprint density at radius 2 is 2.38 bits per heavy atom. The quantitative estimate of drug-likeness (QED) is 0.820. The van der Waals surface area contributed by atoms with Crippen molar-refractivity contribution in [2.24, 2.45) is 5.92 Å². The largest absolute Gasteiger partial charge is 0.352 e. The van der Waals surface area contributed by atoms with E-state index in [1.165, 1.54) is 19.3 Å². The Morgan fingerprint density at radius 1 is 1.56 bits per heavy atom. The van der Waals surface area contributed by atoms with Gasteiger partial charge in [0.2, 0.25) is 0 Å². The lowest BCUT2D eigenvalue weighted by atomic mass is 9.83. The minimum atomic E-state index is -0.0661. The van der Waals surface area contributed by atoms with Crippen LogP contribution in [0, 0.1) is 5.92 Å². The zero-order valence-corrected chi connectivity index (χ0v) is 9.83. The van der Waals surface area contributed by atoms with Gasteiger partial charge in [-0.2, -0.15) is 0 Å². The highest BCUT2D eigenvalue weighted by Gasteiger charge is 2.17. The van der Waals surface area contributed by atoms with Gasteiger partial charge >= 0.3 is 0 Å². The molecule has 0 atom stereocenters. The van der Waals surface area contributed by atoms with Gasteiger partial charge in [0.25, 0.3) is 5.91 Å². The predicted molar refractivity (Wildman–Crippen MR) is 63.5 cm³/mol. The maximum Gasteiger partial charge on any atom is 0.251 e. The molecule has 0 aliphatic heterocycles. The SMILES string of the molecule is O=C(NCCC1CCC1)c1ccnc(Cl)c1. The van der Waals surface area contributed by atoms with Crippen LogP contribution in [-0.4, -0.2) is 17.4 Å². The Labute approximate surface area is 100 Å². The number of rotatable bonds is 4. The monoisotopic (exact) mass is 238 g/mol. The Balaban J connectivity index is 1.78. The molecule has 0 radical (unpaired) electrons.